The van der Waals surface area contributed by atoms with Crippen LogP contribution in [0.3, 0.4) is 0 Å². The molecule has 9 heteroatoms. The standard InChI is InChI=1S/C18H18F2N2O3S.ClH/c1-3-25-18(24)15-11-6-7-22(2)9-14(11)26-17(15)21-16(23)10-4-5-12(19)13(20)8-10;/h4-5,8H,3,6-7,9H2,1-2H3,(H,21,23);1H. The number of hydrogen-bond acceptors (Lipinski definition) is 5. The molecular formula is C18H19ClF2N2O3S. The smallest absolute Gasteiger partial charge is 0.341 e. The number of carbonyl (C=O) groups is 2. The molecule has 3 rings (SSSR count). The van der Waals surface area contributed by atoms with Crippen LogP contribution in [0.5, 0.6) is 0 Å². The van der Waals surface area contributed by atoms with Crippen LogP contribution in [0.1, 0.15) is 38.1 Å². The fourth-order valence-electron chi connectivity index (χ4n) is 2.85. The molecule has 0 bridgehead atoms. The maximum atomic E-state index is 13.4. The monoisotopic (exact) mass is 416 g/mol. The maximum absolute atomic E-state index is 13.4. The zero-order valence-electron chi connectivity index (χ0n) is 14.8. The Morgan fingerprint density at radius 2 is 2.04 bits per heavy atom. The minimum absolute atomic E-state index is 0. The molecule has 0 radical (unpaired) electrons. The van der Waals surface area contributed by atoms with Gasteiger partial charge in [-0.15, -0.1) is 23.7 Å². The maximum Gasteiger partial charge on any atom is 0.341 e. The van der Waals surface area contributed by atoms with Gasteiger partial charge in [-0.3, -0.25) is 4.79 Å². The highest BCUT2D eigenvalue weighted by Crippen LogP contribution is 2.37. The van der Waals surface area contributed by atoms with E-state index in [1.165, 1.54) is 17.4 Å². The first-order valence-electron chi connectivity index (χ1n) is 8.17. The Morgan fingerprint density at radius 3 is 2.70 bits per heavy atom. The molecule has 0 aliphatic carbocycles. The largest absolute Gasteiger partial charge is 0.462 e. The number of thiophene rings is 1. The highest BCUT2D eigenvalue weighted by molar-refractivity contribution is 7.17. The molecule has 27 heavy (non-hydrogen) atoms. The zero-order valence-corrected chi connectivity index (χ0v) is 16.4. The molecule has 2 aromatic rings. The molecule has 0 saturated heterocycles. The SMILES string of the molecule is CCOC(=O)c1c(NC(=O)c2ccc(F)c(F)c2)sc2c1CCN(C)C2.Cl. The van der Waals surface area contributed by atoms with Crippen molar-refractivity contribution < 1.29 is 23.1 Å². The molecule has 1 aromatic heterocycles. The highest BCUT2D eigenvalue weighted by atomic mass is 35.5. The van der Waals surface area contributed by atoms with Crippen molar-refractivity contribution in [1.82, 2.24) is 4.90 Å². The topological polar surface area (TPSA) is 58.6 Å². The van der Waals surface area contributed by atoms with Crippen LogP contribution in [0.2, 0.25) is 0 Å². The summed E-state index contributed by atoms with van der Waals surface area (Å²) < 4.78 is 31.6. The Morgan fingerprint density at radius 1 is 1.30 bits per heavy atom. The summed E-state index contributed by atoms with van der Waals surface area (Å²) >= 11 is 1.31. The second kappa shape index (κ2) is 8.77. The fourth-order valence-corrected chi connectivity index (χ4v) is 4.16. The van der Waals surface area contributed by atoms with Crippen LogP contribution >= 0.6 is 23.7 Å². The molecule has 0 spiro atoms. The summed E-state index contributed by atoms with van der Waals surface area (Å²) in [6.45, 7) is 3.41. The number of esters is 1. The number of ether oxygens (including phenoxy) is 1. The van der Waals surface area contributed by atoms with E-state index in [1.54, 1.807) is 6.92 Å². The predicted octanol–water partition coefficient (Wildman–Crippen LogP) is 3.87. The average molecular weight is 417 g/mol. The Balaban J connectivity index is 0.00000261. The number of likely N-dealkylation sites (N-methyl/N-ethyl adjacent to an activating group) is 1. The number of benzene rings is 1. The summed E-state index contributed by atoms with van der Waals surface area (Å²) in [5, 5.41) is 3.03. The average Bonchev–Trinajstić information content (AvgIpc) is 2.94. The van der Waals surface area contributed by atoms with Crippen LogP contribution < -0.4 is 5.32 Å². The van der Waals surface area contributed by atoms with Gasteiger partial charge in [-0.25, -0.2) is 13.6 Å². The number of amides is 1. The van der Waals surface area contributed by atoms with Gasteiger partial charge in [0.15, 0.2) is 11.6 Å². The van der Waals surface area contributed by atoms with E-state index in [0.29, 0.717) is 23.5 Å². The Bertz CT molecular complexity index is 873. The van der Waals surface area contributed by atoms with Crippen molar-refractivity contribution in [1.29, 1.82) is 0 Å². The van der Waals surface area contributed by atoms with Crippen molar-refractivity contribution >= 4 is 40.6 Å². The highest BCUT2D eigenvalue weighted by Gasteiger charge is 2.28. The third kappa shape index (κ3) is 4.45. The van der Waals surface area contributed by atoms with E-state index in [4.69, 9.17) is 4.74 Å². The van der Waals surface area contributed by atoms with Gasteiger partial charge in [0, 0.05) is 23.5 Å². The summed E-state index contributed by atoms with van der Waals surface area (Å²) in [6.07, 6.45) is 0.678. The molecule has 1 aliphatic rings. The quantitative estimate of drug-likeness (QED) is 0.769. The van der Waals surface area contributed by atoms with Crippen molar-refractivity contribution in [2.45, 2.75) is 19.9 Å². The van der Waals surface area contributed by atoms with Crippen LogP contribution in [0, 0.1) is 11.6 Å². The van der Waals surface area contributed by atoms with E-state index >= 15 is 0 Å². The predicted molar refractivity (Wildman–Crippen MR) is 102 cm³/mol. The first kappa shape index (κ1) is 21.3. The first-order chi connectivity index (χ1) is 12.4. The number of anilines is 1. The van der Waals surface area contributed by atoms with Gasteiger partial charge >= 0.3 is 5.97 Å². The van der Waals surface area contributed by atoms with Crippen molar-refractivity contribution in [3.05, 3.63) is 51.4 Å². The molecule has 146 valence electrons. The number of rotatable bonds is 4. The van der Waals surface area contributed by atoms with E-state index in [-0.39, 0.29) is 24.6 Å². The van der Waals surface area contributed by atoms with Crippen LogP contribution in [0.25, 0.3) is 0 Å². The summed E-state index contributed by atoms with van der Waals surface area (Å²) in [5.74, 6) is -3.23. The van der Waals surface area contributed by atoms with Crippen LogP contribution in [0.4, 0.5) is 13.8 Å². The Labute approximate surface area is 165 Å². The van der Waals surface area contributed by atoms with Gasteiger partial charge in [0.2, 0.25) is 0 Å². The molecule has 1 N–H and O–H groups in total. The summed E-state index contributed by atoms with van der Waals surface area (Å²) in [6, 6.07) is 2.92. The minimum Gasteiger partial charge on any atom is -0.462 e. The number of nitrogens with one attached hydrogen (secondary N) is 1. The molecule has 0 atom stereocenters. The molecule has 0 fully saturated rings. The molecule has 1 amide bonds. The van der Waals surface area contributed by atoms with Crippen molar-refractivity contribution in [2.75, 3.05) is 25.5 Å². The van der Waals surface area contributed by atoms with E-state index in [0.717, 1.165) is 29.1 Å². The van der Waals surface area contributed by atoms with E-state index < -0.39 is 23.5 Å². The van der Waals surface area contributed by atoms with Crippen LogP contribution in [-0.2, 0) is 17.7 Å². The molecule has 1 aliphatic heterocycles. The van der Waals surface area contributed by atoms with Gasteiger partial charge in [-0.1, -0.05) is 0 Å². The normalized spacial score (nSPS) is 13.5. The second-order valence-corrected chi connectivity index (χ2v) is 7.10. The second-order valence-electron chi connectivity index (χ2n) is 6.00. The van der Waals surface area contributed by atoms with Crippen LogP contribution in [-0.4, -0.2) is 37.0 Å². The van der Waals surface area contributed by atoms with Crippen LogP contribution in [0.15, 0.2) is 18.2 Å². The van der Waals surface area contributed by atoms with E-state index in [1.807, 2.05) is 7.05 Å². The first-order valence-corrected chi connectivity index (χ1v) is 8.99. The Hall–Kier alpha value is -2.03. The molecule has 0 saturated carbocycles. The van der Waals surface area contributed by atoms with Crippen molar-refractivity contribution in [3.8, 4) is 0 Å². The van der Waals surface area contributed by atoms with Crippen molar-refractivity contribution in [3.63, 3.8) is 0 Å². The number of fused-ring (bicyclic) bond motifs is 1. The van der Waals surface area contributed by atoms with Gasteiger partial charge in [-0.05, 0) is 44.2 Å². The third-order valence-electron chi connectivity index (χ3n) is 4.14. The van der Waals surface area contributed by atoms with Gasteiger partial charge in [0.1, 0.15) is 5.00 Å². The molecule has 2 heterocycles. The van der Waals surface area contributed by atoms with Gasteiger partial charge in [-0.2, -0.15) is 0 Å². The minimum atomic E-state index is -1.10. The zero-order chi connectivity index (χ0) is 18.8. The summed E-state index contributed by atoms with van der Waals surface area (Å²) in [5.41, 5.74) is 1.21. The fraction of sp³-hybridized carbons (Fsp3) is 0.333. The number of nitrogens with zero attached hydrogens (tertiary/aromatic N) is 1. The number of halogens is 3. The lowest BCUT2D eigenvalue weighted by Crippen LogP contribution is -2.26. The van der Waals surface area contributed by atoms with E-state index in [2.05, 4.69) is 10.2 Å². The lowest BCUT2D eigenvalue weighted by atomic mass is 10.0. The summed E-state index contributed by atoms with van der Waals surface area (Å²) in [4.78, 5) is 27.9. The lowest BCUT2D eigenvalue weighted by Gasteiger charge is -2.22. The third-order valence-corrected chi connectivity index (χ3v) is 5.27. The Kier molecular flexibility index (Phi) is 6.91. The summed E-state index contributed by atoms with van der Waals surface area (Å²) in [7, 11) is 1.98. The molecular weight excluding hydrogens is 398 g/mol. The van der Waals surface area contributed by atoms with Gasteiger partial charge in [0.25, 0.3) is 5.91 Å². The molecule has 5 nitrogen and oxygen atoms in total. The molecule has 1 aromatic carbocycles. The van der Waals surface area contributed by atoms with E-state index in [9.17, 15) is 18.4 Å². The lowest BCUT2D eigenvalue weighted by molar-refractivity contribution is 0.0526. The molecule has 0 unspecified atom stereocenters. The number of carbonyl (C=O) groups excluding carboxylic acids is 2. The van der Waals surface area contributed by atoms with Gasteiger partial charge < -0.3 is 15.0 Å². The van der Waals surface area contributed by atoms with Gasteiger partial charge in [0.05, 0.1) is 12.2 Å². The number of hydrogen-bond donors (Lipinski definition) is 1. The van der Waals surface area contributed by atoms with Crippen molar-refractivity contribution in [2.24, 2.45) is 0 Å².